The maximum atomic E-state index is 11.9. The molecule has 0 radical (unpaired) electrons. The molecule has 3 unspecified atom stereocenters. The Morgan fingerprint density at radius 1 is 1.29 bits per heavy atom. The lowest BCUT2D eigenvalue weighted by Crippen LogP contribution is -2.58. The average Bonchev–Trinajstić information content (AvgIpc) is 3.07. The van der Waals surface area contributed by atoms with Crippen LogP contribution in [0, 0.1) is 16.2 Å². The van der Waals surface area contributed by atoms with Crippen molar-refractivity contribution < 1.29 is 19.4 Å². The molecule has 0 amide bonds. The van der Waals surface area contributed by atoms with Gasteiger partial charge in [-0.05, 0) is 61.0 Å². The number of carboxylic acids is 1. The minimum absolute atomic E-state index is 0.000208. The SMILES string of the molecule is CC1(CCc2ccoc2)CCCC2(CO)C(C(=O)O)=CCCC12C. The highest BCUT2D eigenvalue weighted by Crippen LogP contribution is 2.67. The number of aliphatic hydroxyl groups excluding tert-OH is 1. The molecular formula is C20H28O4. The number of carbonyl (C=O) groups is 1. The second-order valence-electron chi connectivity index (χ2n) is 8.08. The fourth-order valence-electron chi connectivity index (χ4n) is 5.47. The number of carboxylic acid groups (broad SMARTS) is 1. The molecule has 3 rings (SSSR count). The molecule has 2 aliphatic carbocycles. The largest absolute Gasteiger partial charge is 0.478 e. The monoisotopic (exact) mass is 332 g/mol. The van der Waals surface area contributed by atoms with Gasteiger partial charge in [0.2, 0.25) is 0 Å². The summed E-state index contributed by atoms with van der Waals surface area (Å²) >= 11 is 0. The number of furan rings is 1. The Hall–Kier alpha value is -1.55. The van der Waals surface area contributed by atoms with Crippen molar-refractivity contribution in [3.63, 3.8) is 0 Å². The first-order chi connectivity index (χ1) is 11.4. The van der Waals surface area contributed by atoms with Gasteiger partial charge in [0.1, 0.15) is 0 Å². The molecule has 2 aliphatic rings. The highest BCUT2D eigenvalue weighted by Gasteiger charge is 2.62. The number of aliphatic carboxylic acids is 1. The van der Waals surface area contributed by atoms with Crippen LogP contribution in [0.15, 0.2) is 34.7 Å². The van der Waals surface area contributed by atoms with Crippen molar-refractivity contribution in [1.29, 1.82) is 0 Å². The molecule has 0 saturated heterocycles. The first kappa shape index (κ1) is 17.3. The van der Waals surface area contributed by atoms with Gasteiger partial charge in [-0.3, -0.25) is 0 Å². The Bertz CT molecular complexity index is 632. The van der Waals surface area contributed by atoms with Gasteiger partial charge in [-0.25, -0.2) is 4.79 Å². The van der Waals surface area contributed by atoms with Crippen LogP contribution < -0.4 is 0 Å². The summed E-state index contributed by atoms with van der Waals surface area (Å²) in [7, 11) is 0. The van der Waals surface area contributed by atoms with E-state index in [9.17, 15) is 15.0 Å². The van der Waals surface area contributed by atoms with E-state index in [2.05, 4.69) is 13.8 Å². The number of aryl methyl sites for hydroxylation is 1. The molecule has 132 valence electrons. The van der Waals surface area contributed by atoms with Crippen LogP contribution in [-0.2, 0) is 11.2 Å². The van der Waals surface area contributed by atoms with E-state index < -0.39 is 11.4 Å². The third-order valence-electron chi connectivity index (χ3n) is 7.27. The third-order valence-corrected chi connectivity index (χ3v) is 7.27. The summed E-state index contributed by atoms with van der Waals surface area (Å²) < 4.78 is 5.18. The highest BCUT2D eigenvalue weighted by atomic mass is 16.4. The summed E-state index contributed by atoms with van der Waals surface area (Å²) in [5, 5.41) is 20.1. The second-order valence-corrected chi connectivity index (χ2v) is 8.08. The van der Waals surface area contributed by atoms with Crippen molar-refractivity contribution in [2.45, 2.75) is 58.8 Å². The predicted octanol–water partition coefficient (Wildman–Crippen LogP) is 4.19. The number of rotatable bonds is 5. The fraction of sp³-hybridized carbons (Fsp3) is 0.650. The molecule has 1 saturated carbocycles. The lowest BCUT2D eigenvalue weighted by molar-refractivity contribution is -0.150. The lowest BCUT2D eigenvalue weighted by atomic mass is 9.41. The van der Waals surface area contributed by atoms with Gasteiger partial charge in [0.05, 0.1) is 19.1 Å². The summed E-state index contributed by atoms with van der Waals surface area (Å²) in [6.07, 6.45) is 11.8. The number of aliphatic hydroxyl groups is 1. The molecule has 1 heterocycles. The summed E-state index contributed by atoms with van der Waals surface area (Å²) in [5.74, 6) is -0.867. The first-order valence-electron chi connectivity index (χ1n) is 8.94. The van der Waals surface area contributed by atoms with Crippen LogP contribution in [0.4, 0.5) is 0 Å². The smallest absolute Gasteiger partial charge is 0.331 e. The molecule has 0 aromatic carbocycles. The van der Waals surface area contributed by atoms with E-state index in [0.29, 0.717) is 5.57 Å². The Balaban J connectivity index is 1.97. The van der Waals surface area contributed by atoms with E-state index in [1.54, 1.807) is 12.5 Å². The molecule has 0 spiro atoms. The number of allylic oxidation sites excluding steroid dienone is 1. The minimum atomic E-state index is -0.867. The molecule has 3 atom stereocenters. The summed E-state index contributed by atoms with van der Waals surface area (Å²) in [5.41, 5.74) is 0.790. The molecule has 4 heteroatoms. The molecule has 0 aliphatic heterocycles. The minimum Gasteiger partial charge on any atom is -0.478 e. The van der Waals surface area contributed by atoms with E-state index >= 15 is 0 Å². The third kappa shape index (κ3) is 2.34. The van der Waals surface area contributed by atoms with Crippen LogP contribution >= 0.6 is 0 Å². The molecule has 0 bridgehead atoms. The van der Waals surface area contributed by atoms with E-state index in [0.717, 1.165) is 44.9 Å². The number of fused-ring (bicyclic) bond motifs is 1. The molecule has 2 N–H and O–H groups in total. The van der Waals surface area contributed by atoms with Crippen LogP contribution in [0.3, 0.4) is 0 Å². The van der Waals surface area contributed by atoms with Gasteiger partial charge in [-0.1, -0.05) is 26.3 Å². The van der Waals surface area contributed by atoms with Gasteiger partial charge in [0, 0.05) is 11.0 Å². The zero-order valence-electron chi connectivity index (χ0n) is 14.7. The zero-order valence-corrected chi connectivity index (χ0v) is 14.7. The summed E-state index contributed by atoms with van der Waals surface area (Å²) in [6, 6.07) is 2.00. The topological polar surface area (TPSA) is 70.7 Å². The predicted molar refractivity (Wildman–Crippen MR) is 91.6 cm³/mol. The Kier molecular flexibility index (Phi) is 4.37. The Morgan fingerprint density at radius 3 is 2.71 bits per heavy atom. The van der Waals surface area contributed by atoms with Crippen molar-refractivity contribution in [2.75, 3.05) is 6.61 Å². The van der Waals surface area contributed by atoms with Crippen molar-refractivity contribution in [2.24, 2.45) is 16.2 Å². The molecule has 4 nitrogen and oxygen atoms in total. The average molecular weight is 332 g/mol. The number of hydrogen-bond acceptors (Lipinski definition) is 3. The summed E-state index contributed by atoms with van der Waals surface area (Å²) in [4.78, 5) is 11.9. The van der Waals surface area contributed by atoms with Crippen molar-refractivity contribution in [3.05, 3.63) is 35.8 Å². The van der Waals surface area contributed by atoms with Crippen molar-refractivity contribution in [1.82, 2.24) is 0 Å². The van der Waals surface area contributed by atoms with Gasteiger partial charge in [0.15, 0.2) is 0 Å². The van der Waals surface area contributed by atoms with Crippen molar-refractivity contribution in [3.8, 4) is 0 Å². The van der Waals surface area contributed by atoms with Gasteiger partial charge in [0.25, 0.3) is 0 Å². The van der Waals surface area contributed by atoms with Crippen LogP contribution in [0.25, 0.3) is 0 Å². The van der Waals surface area contributed by atoms with Gasteiger partial charge in [-0.2, -0.15) is 0 Å². The fourth-order valence-corrected chi connectivity index (χ4v) is 5.47. The molecule has 1 aromatic rings. The Morgan fingerprint density at radius 2 is 2.08 bits per heavy atom. The molecule has 1 fully saturated rings. The quantitative estimate of drug-likeness (QED) is 0.848. The Labute approximate surface area is 143 Å². The molecule has 1 aromatic heterocycles. The van der Waals surface area contributed by atoms with E-state index in [1.165, 1.54) is 5.56 Å². The van der Waals surface area contributed by atoms with Crippen LogP contribution in [-0.4, -0.2) is 22.8 Å². The maximum Gasteiger partial charge on any atom is 0.331 e. The summed E-state index contributed by atoms with van der Waals surface area (Å²) in [6.45, 7) is 4.43. The van der Waals surface area contributed by atoms with Gasteiger partial charge >= 0.3 is 5.97 Å². The van der Waals surface area contributed by atoms with Gasteiger partial charge < -0.3 is 14.6 Å². The standard InChI is InChI=1S/C20H28O4/c1-18(11-6-15-7-12-24-13-15)8-4-10-20(14-21)16(17(22)23)5-3-9-19(18,20)2/h5,7,12-13,21H,3-4,6,8-11,14H2,1-2H3,(H,22,23). The highest BCUT2D eigenvalue weighted by molar-refractivity contribution is 5.89. The number of hydrogen-bond donors (Lipinski definition) is 2. The van der Waals surface area contributed by atoms with E-state index in [1.807, 2.05) is 12.1 Å². The van der Waals surface area contributed by atoms with Crippen LogP contribution in [0.1, 0.15) is 57.9 Å². The van der Waals surface area contributed by atoms with E-state index in [-0.39, 0.29) is 17.4 Å². The first-order valence-corrected chi connectivity index (χ1v) is 8.94. The van der Waals surface area contributed by atoms with Gasteiger partial charge in [-0.15, -0.1) is 0 Å². The van der Waals surface area contributed by atoms with E-state index in [4.69, 9.17) is 4.42 Å². The molecule has 24 heavy (non-hydrogen) atoms. The van der Waals surface area contributed by atoms with Crippen LogP contribution in [0.2, 0.25) is 0 Å². The lowest BCUT2D eigenvalue weighted by Gasteiger charge is -2.63. The zero-order chi connectivity index (χ0) is 17.4. The maximum absolute atomic E-state index is 11.9. The van der Waals surface area contributed by atoms with Crippen LogP contribution in [0.5, 0.6) is 0 Å². The van der Waals surface area contributed by atoms with Crippen molar-refractivity contribution >= 4 is 5.97 Å². The molecular weight excluding hydrogens is 304 g/mol. The second kappa shape index (κ2) is 6.07. The normalized spacial score (nSPS) is 36.0.